The summed E-state index contributed by atoms with van der Waals surface area (Å²) in [5.74, 6) is -0.201. The largest absolute Gasteiger partial charge is 0.455 e. The van der Waals surface area contributed by atoms with Crippen LogP contribution in [0.15, 0.2) is 30.3 Å². The van der Waals surface area contributed by atoms with Crippen LogP contribution in [0, 0.1) is 11.8 Å². The monoisotopic (exact) mass is 310 g/mol. The molecular weight excluding hydrogens is 288 g/mol. The molecule has 1 aromatic rings. The Kier molecular flexibility index (Phi) is 5.04. The van der Waals surface area contributed by atoms with Gasteiger partial charge in [0.1, 0.15) is 16.3 Å². The van der Waals surface area contributed by atoms with Crippen LogP contribution >= 0.6 is 0 Å². The molecule has 0 N–H and O–H groups in total. The molecule has 0 aliphatic heterocycles. The normalized spacial score (nSPS) is 29.3. The van der Waals surface area contributed by atoms with Crippen molar-refractivity contribution in [3.05, 3.63) is 35.9 Å². The number of benzene rings is 1. The van der Waals surface area contributed by atoms with Crippen molar-refractivity contribution in [3.63, 3.8) is 0 Å². The molecule has 1 saturated carbocycles. The minimum Gasteiger partial charge on any atom is -0.455 e. The second-order valence-corrected chi connectivity index (χ2v) is 7.09. The Morgan fingerprint density at radius 2 is 2.00 bits per heavy atom. The van der Waals surface area contributed by atoms with Crippen LogP contribution in [0.1, 0.15) is 43.5 Å². The zero-order chi connectivity index (χ0) is 15.5. The van der Waals surface area contributed by atoms with E-state index < -0.39 is 16.3 Å². The Morgan fingerprint density at radius 3 is 2.62 bits per heavy atom. The van der Waals surface area contributed by atoms with E-state index in [1.807, 2.05) is 19.9 Å². The van der Waals surface area contributed by atoms with Crippen molar-refractivity contribution in [2.45, 2.75) is 38.7 Å². The molecule has 0 spiro atoms. The van der Waals surface area contributed by atoms with Gasteiger partial charge in [-0.15, -0.1) is 0 Å². The van der Waals surface area contributed by atoms with E-state index in [9.17, 15) is 13.2 Å². The molecule has 3 unspecified atom stereocenters. The van der Waals surface area contributed by atoms with Gasteiger partial charge in [0.05, 0.1) is 11.3 Å². The number of carbonyl (C=O) groups excluding carboxylic acids is 1. The fourth-order valence-electron chi connectivity index (χ4n) is 3.27. The average molecular weight is 310 g/mol. The van der Waals surface area contributed by atoms with Crippen LogP contribution in [0.2, 0.25) is 0 Å². The van der Waals surface area contributed by atoms with Crippen molar-refractivity contribution in [1.29, 1.82) is 0 Å². The van der Waals surface area contributed by atoms with Crippen molar-refractivity contribution >= 4 is 16.7 Å². The predicted octanol–water partition coefficient (Wildman–Crippen LogP) is 2.65. The van der Waals surface area contributed by atoms with Crippen LogP contribution in [-0.2, 0) is 15.4 Å². The maximum absolute atomic E-state index is 12.3. The molecule has 1 aliphatic carbocycles. The van der Waals surface area contributed by atoms with Gasteiger partial charge < -0.3 is 4.74 Å². The fourth-order valence-corrected chi connectivity index (χ4v) is 4.34. The summed E-state index contributed by atoms with van der Waals surface area (Å²) in [7, 11) is -2.48. The van der Waals surface area contributed by atoms with Crippen LogP contribution in [0.25, 0.3) is 0 Å². The topological polar surface area (TPSA) is 60.4 Å². The summed E-state index contributed by atoms with van der Waals surface area (Å²) in [6, 6.07) is 8.83. The molecule has 1 aromatic carbocycles. The second-order valence-electron chi connectivity index (χ2n) is 6.06. The van der Waals surface area contributed by atoms with Gasteiger partial charge in [-0.05, 0) is 37.8 Å². The predicted molar refractivity (Wildman–Crippen MR) is 81.9 cm³/mol. The molecule has 3 atom stereocenters. The molecule has 0 saturated heterocycles. The Morgan fingerprint density at radius 1 is 1.33 bits per heavy atom. The summed E-state index contributed by atoms with van der Waals surface area (Å²) >= 11 is 0. The van der Waals surface area contributed by atoms with Gasteiger partial charge in [0.2, 0.25) is 0 Å². The third-order valence-corrected chi connectivity index (χ3v) is 5.18. The smallest absolute Gasteiger partial charge is 0.338 e. The van der Waals surface area contributed by atoms with Crippen molar-refractivity contribution < 1.29 is 17.9 Å². The summed E-state index contributed by atoms with van der Waals surface area (Å²) < 4.78 is 28.0. The number of thiol groups is 1. The van der Waals surface area contributed by atoms with E-state index in [0.717, 1.165) is 12.8 Å². The summed E-state index contributed by atoms with van der Waals surface area (Å²) in [6.07, 6.45) is 2.64. The van der Waals surface area contributed by atoms with Gasteiger partial charge in [-0.1, -0.05) is 31.5 Å². The molecule has 0 bridgehead atoms. The molecule has 0 radical (unpaired) electrons. The summed E-state index contributed by atoms with van der Waals surface area (Å²) in [4.78, 5) is 12.3. The fraction of sp³-hybridized carbons (Fsp3) is 0.562. The van der Waals surface area contributed by atoms with Crippen LogP contribution < -0.4 is 0 Å². The number of ether oxygens (including phenoxy) is 1. The van der Waals surface area contributed by atoms with E-state index in [1.54, 1.807) is 24.3 Å². The molecule has 5 heteroatoms. The number of rotatable bonds is 4. The van der Waals surface area contributed by atoms with Crippen molar-refractivity contribution in [3.8, 4) is 0 Å². The van der Waals surface area contributed by atoms with Crippen LogP contribution in [0.4, 0.5) is 0 Å². The molecular formula is C16H22O4S. The third kappa shape index (κ3) is 3.84. The Bertz CT molecular complexity index is 559. The Labute approximate surface area is 127 Å². The third-order valence-electron chi connectivity index (χ3n) is 4.48. The molecule has 116 valence electrons. The first-order valence-corrected chi connectivity index (χ1v) is 8.69. The van der Waals surface area contributed by atoms with Gasteiger partial charge in [0.25, 0.3) is 0 Å². The van der Waals surface area contributed by atoms with Gasteiger partial charge in [-0.3, -0.25) is 0 Å². The lowest BCUT2D eigenvalue weighted by Gasteiger charge is -2.43. The molecule has 21 heavy (non-hydrogen) atoms. The molecule has 0 heterocycles. The molecule has 1 aliphatic rings. The minimum absolute atomic E-state index is 0.0784. The highest BCUT2D eigenvalue weighted by Gasteiger charge is 2.44. The molecule has 0 aromatic heterocycles. The van der Waals surface area contributed by atoms with Gasteiger partial charge in [0, 0.05) is 5.92 Å². The summed E-state index contributed by atoms with van der Waals surface area (Å²) in [5.41, 5.74) is -0.206. The number of carbonyl (C=O) groups is 1. The van der Waals surface area contributed by atoms with Gasteiger partial charge in [-0.2, -0.15) is 0 Å². The zero-order valence-electron chi connectivity index (χ0n) is 12.5. The standard InChI is InChI=1S/C16H22O4S/c1-12-7-6-10-16(2,14(12)11-21(18)19)20-15(17)13-8-4-3-5-9-13/h3-5,8-9,12,14,21H,6-7,10-11H2,1-2H3. The van der Waals surface area contributed by atoms with Crippen molar-refractivity contribution in [2.24, 2.45) is 11.8 Å². The number of esters is 1. The highest BCUT2D eigenvalue weighted by molar-refractivity contribution is 7.72. The minimum atomic E-state index is -2.48. The van der Waals surface area contributed by atoms with Crippen molar-refractivity contribution in [2.75, 3.05) is 5.75 Å². The lowest BCUT2D eigenvalue weighted by atomic mass is 9.71. The van der Waals surface area contributed by atoms with Crippen LogP contribution in [0.5, 0.6) is 0 Å². The molecule has 1 fully saturated rings. The first kappa shape index (κ1) is 16.0. The van der Waals surface area contributed by atoms with E-state index in [1.165, 1.54) is 0 Å². The van der Waals surface area contributed by atoms with Crippen molar-refractivity contribution in [1.82, 2.24) is 0 Å². The zero-order valence-corrected chi connectivity index (χ0v) is 13.3. The van der Waals surface area contributed by atoms with Gasteiger partial charge in [0.15, 0.2) is 0 Å². The maximum atomic E-state index is 12.3. The quantitative estimate of drug-likeness (QED) is 0.686. The maximum Gasteiger partial charge on any atom is 0.338 e. The molecule has 2 rings (SSSR count). The van der Waals surface area contributed by atoms with Crippen LogP contribution in [-0.4, -0.2) is 25.7 Å². The lowest BCUT2D eigenvalue weighted by molar-refractivity contribution is -0.0689. The van der Waals surface area contributed by atoms with E-state index in [0.29, 0.717) is 12.0 Å². The van der Waals surface area contributed by atoms with E-state index in [4.69, 9.17) is 4.74 Å². The average Bonchev–Trinajstić information content (AvgIpc) is 2.44. The van der Waals surface area contributed by atoms with E-state index in [2.05, 4.69) is 0 Å². The number of hydrogen-bond donors (Lipinski definition) is 1. The summed E-state index contributed by atoms with van der Waals surface area (Å²) in [6.45, 7) is 3.91. The highest BCUT2D eigenvalue weighted by atomic mass is 32.2. The van der Waals surface area contributed by atoms with E-state index in [-0.39, 0.29) is 23.6 Å². The van der Waals surface area contributed by atoms with Crippen LogP contribution in [0.3, 0.4) is 0 Å². The molecule has 4 nitrogen and oxygen atoms in total. The first-order chi connectivity index (χ1) is 9.92. The Balaban J connectivity index is 2.19. The number of hydrogen-bond acceptors (Lipinski definition) is 4. The van der Waals surface area contributed by atoms with E-state index >= 15 is 0 Å². The summed E-state index contributed by atoms with van der Waals surface area (Å²) in [5, 5.41) is 0. The Hall–Kier alpha value is -1.36. The first-order valence-electron chi connectivity index (χ1n) is 7.32. The lowest BCUT2D eigenvalue weighted by Crippen LogP contribution is -2.47. The second kappa shape index (κ2) is 6.60. The van der Waals surface area contributed by atoms with Gasteiger partial charge in [-0.25, -0.2) is 13.2 Å². The molecule has 0 amide bonds. The van der Waals surface area contributed by atoms with Gasteiger partial charge >= 0.3 is 5.97 Å². The SMILES string of the molecule is CC1CCCC(C)(OC(=O)c2ccccc2)C1C[SH](=O)=O. The highest BCUT2D eigenvalue weighted by Crippen LogP contribution is 2.41.